The lowest BCUT2D eigenvalue weighted by Gasteiger charge is -2.23. The van der Waals surface area contributed by atoms with Gasteiger partial charge in [-0.05, 0) is 55.7 Å². The number of aromatic nitrogens is 1. The van der Waals surface area contributed by atoms with Gasteiger partial charge in [-0.25, -0.2) is 4.79 Å². The van der Waals surface area contributed by atoms with Gasteiger partial charge in [0.15, 0.2) is 11.5 Å². The summed E-state index contributed by atoms with van der Waals surface area (Å²) in [5.74, 6) is 0.840. The van der Waals surface area contributed by atoms with Crippen LogP contribution in [0.15, 0.2) is 30.3 Å². The highest BCUT2D eigenvalue weighted by Gasteiger charge is 2.32. The largest absolute Gasteiger partial charge is 0.506 e. The normalized spacial score (nSPS) is 12.2. The number of rotatable bonds is 5. The number of hydrogen-bond acceptors (Lipinski definition) is 5. The van der Waals surface area contributed by atoms with Crippen LogP contribution in [0.25, 0.3) is 22.4 Å². The first-order chi connectivity index (χ1) is 14.9. The molecule has 0 fully saturated rings. The molecule has 0 saturated heterocycles. The summed E-state index contributed by atoms with van der Waals surface area (Å²) in [6.07, 6.45) is 0.788. The van der Waals surface area contributed by atoms with Crippen molar-refractivity contribution in [1.29, 1.82) is 0 Å². The minimum Gasteiger partial charge on any atom is -0.506 e. The fourth-order valence-corrected chi connectivity index (χ4v) is 4.48. The fourth-order valence-electron chi connectivity index (χ4n) is 4.29. The van der Waals surface area contributed by atoms with Crippen molar-refractivity contribution < 1.29 is 24.1 Å². The van der Waals surface area contributed by atoms with Crippen molar-refractivity contribution in [1.82, 2.24) is 4.57 Å². The molecule has 3 aromatic rings. The summed E-state index contributed by atoms with van der Waals surface area (Å²) in [7, 11) is 3.20. The minimum atomic E-state index is -0.402. The molecule has 162 valence electrons. The van der Waals surface area contributed by atoms with Crippen LogP contribution in [0.3, 0.4) is 0 Å². The molecule has 0 radical (unpaired) electrons. The van der Waals surface area contributed by atoms with E-state index in [9.17, 15) is 9.90 Å². The third-order valence-electron chi connectivity index (χ3n) is 5.71. The zero-order valence-corrected chi connectivity index (χ0v) is 18.7. The van der Waals surface area contributed by atoms with E-state index in [0.29, 0.717) is 23.6 Å². The van der Waals surface area contributed by atoms with Gasteiger partial charge in [-0.2, -0.15) is 0 Å². The Bertz CT molecular complexity index is 1180. The van der Waals surface area contributed by atoms with Crippen LogP contribution in [0.5, 0.6) is 17.2 Å². The summed E-state index contributed by atoms with van der Waals surface area (Å²) in [6.45, 7) is 4.74. The molecule has 1 aromatic heterocycles. The van der Waals surface area contributed by atoms with E-state index in [1.807, 2.05) is 19.1 Å². The fraction of sp³-hybridized carbons (Fsp3) is 0.292. The summed E-state index contributed by atoms with van der Waals surface area (Å²) >= 11 is 6.19. The van der Waals surface area contributed by atoms with Crippen LogP contribution < -0.4 is 9.47 Å². The molecule has 1 aliphatic heterocycles. The summed E-state index contributed by atoms with van der Waals surface area (Å²) in [4.78, 5) is 13.2. The molecule has 0 amide bonds. The van der Waals surface area contributed by atoms with Gasteiger partial charge in [0.2, 0.25) is 0 Å². The monoisotopic (exact) mass is 441 g/mol. The third-order valence-corrected chi connectivity index (χ3v) is 6.01. The number of aromatic hydroxyl groups is 1. The van der Waals surface area contributed by atoms with Gasteiger partial charge in [-0.1, -0.05) is 17.7 Å². The van der Waals surface area contributed by atoms with Gasteiger partial charge in [0.25, 0.3) is 0 Å². The summed E-state index contributed by atoms with van der Waals surface area (Å²) in [6, 6.07) is 8.84. The lowest BCUT2D eigenvalue weighted by atomic mass is 9.93. The Kier molecular flexibility index (Phi) is 5.58. The highest BCUT2D eigenvalue weighted by Crippen LogP contribution is 2.46. The molecule has 0 saturated carbocycles. The smallest absolute Gasteiger partial charge is 0.340 e. The van der Waals surface area contributed by atoms with Crippen LogP contribution in [0, 0.1) is 6.92 Å². The Balaban J connectivity index is 2.04. The van der Waals surface area contributed by atoms with E-state index < -0.39 is 5.97 Å². The number of carbonyl (C=O) groups is 1. The number of ether oxygens (including phenoxy) is 3. The van der Waals surface area contributed by atoms with Gasteiger partial charge in [-0.3, -0.25) is 0 Å². The van der Waals surface area contributed by atoms with Crippen LogP contribution in [0.4, 0.5) is 0 Å². The van der Waals surface area contributed by atoms with Gasteiger partial charge >= 0.3 is 5.97 Å². The van der Waals surface area contributed by atoms with Crippen molar-refractivity contribution in [2.75, 3.05) is 20.8 Å². The van der Waals surface area contributed by atoms with Crippen molar-refractivity contribution >= 4 is 17.6 Å². The molecule has 2 aromatic carbocycles. The minimum absolute atomic E-state index is 0.00750. The molecule has 7 heteroatoms. The predicted molar refractivity (Wildman–Crippen MR) is 119 cm³/mol. The number of phenolic OH excluding ortho intramolecular Hbond substituents is 1. The van der Waals surface area contributed by atoms with Crippen LogP contribution in [-0.2, 0) is 17.7 Å². The van der Waals surface area contributed by atoms with Crippen molar-refractivity contribution in [2.45, 2.75) is 26.8 Å². The second-order valence-electron chi connectivity index (χ2n) is 7.34. The van der Waals surface area contributed by atoms with E-state index in [1.54, 1.807) is 33.3 Å². The highest BCUT2D eigenvalue weighted by atomic mass is 35.5. The number of benzene rings is 2. The zero-order chi connectivity index (χ0) is 22.3. The highest BCUT2D eigenvalue weighted by molar-refractivity contribution is 6.32. The van der Waals surface area contributed by atoms with E-state index in [1.165, 1.54) is 6.07 Å². The predicted octanol–water partition coefficient (Wildman–Crippen LogP) is 5.24. The molecule has 0 unspecified atom stereocenters. The van der Waals surface area contributed by atoms with E-state index in [-0.39, 0.29) is 17.4 Å². The number of methoxy groups -OCH3 is 2. The molecule has 0 atom stereocenters. The van der Waals surface area contributed by atoms with Gasteiger partial charge in [-0.15, -0.1) is 0 Å². The Labute approximate surface area is 185 Å². The number of fused-ring (bicyclic) bond motifs is 3. The molecular weight excluding hydrogens is 418 g/mol. The second kappa shape index (κ2) is 8.19. The molecule has 0 bridgehead atoms. The Morgan fingerprint density at radius 1 is 1.16 bits per heavy atom. The van der Waals surface area contributed by atoms with E-state index in [2.05, 4.69) is 4.57 Å². The molecule has 1 N–H and O–H groups in total. The van der Waals surface area contributed by atoms with Crippen LogP contribution in [-0.4, -0.2) is 36.5 Å². The third kappa shape index (κ3) is 3.41. The SMILES string of the molecule is CCOC(=O)c1c(-c2ccc(O)c(Cl)c2)c(C)n2c1-c1cc(OC)c(OC)cc1CC2. The van der Waals surface area contributed by atoms with E-state index in [4.69, 9.17) is 25.8 Å². The number of nitrogens with zero attached hydrogens (tertiary/aromatic N) is 1. The maximum atomic E-state index is 13.2. The van der Waals surface area contributed by atoms with Crippen molar-refractivity contribution in [3.8, 4) is 39.6 Å². The standard InChI is InChI=1S/C24H24ClNO5/c1-5-31-24(28)22-21(15-6-7-18(27)17(25)10-15)13(2)26-9-8-14-11-19(29-3)20(30-4)12-16(14)23(22)26/h6-7,10-12,27H,5,8-9H2,1-4H3. The molecule has 4 rings (SSSR count). The van der Waals surface area contributed by atoms with Crippen molar-refractivity contribution in [3.63, 3.8) is 0 Å². The molecule has 0 aliphatic carbocycles. The second-order valence-corrected chi connectivity index (χ2v) is 7.74. The van der Waals surface area contributed by atoms with Gasteiger partial charge in [0.05, 0.1) is 37.1 Å². The van der Waals surface area contributed by atoms with Gasteiger partial charge in [0, 0.05) is 23.4 Å². The summed E-state index contributed by atoms with van der Waals surface area (Å²) < 4.78 is 18.6. The molecule has 2 heterocycles. The summed E-state index contributed by atoms with van der Waals surface area (Å²) in [5, 5.41) is 10.1. The Morgan fingerprint density at radius 3 is 2.52 bits per heavy atom. The zero-order valence-electron chi connectivity index (χ0n) is 17.9. The number of phenols is 1. The molecule has 6 nitrogen and oxygen atoms in total. The van der Waals surface area contributed by atoms with Crippen LogP contribution in [0.2, 0.25) is 5.02 Å². The molecule has 0 spiro atoms. The van der Waals surface area contributed by atoms with E-state index >= 15 is 0 Å². The number of carbonyl (C=O) groups excluding carboxylic acids is 1. The summed E-state index contributed by atoms with van der Waals surface area (Å²) in [5.41, 5.74) is 5.67. The average molecular weight is 442 g/mol. The first-order valence-electron chi connectivity index (χ1n) is 10.1. The number of aryl methyl sites for hydroxylation is 1. The van der Waals surface area contributed by atoms with Crippen molar-refractivity contribution in [3.05, 3.63) is 52.2 Å². The quantitative estimate of drug-likeness (QED) is 0.548. The molecule has 1 aliphatic rings. The molecule has 31 heavy (non-hydrogen) atoms. The topological polar surface area (TPSA) is 69.9 Å². The van der Waals surface area contributed by atoms with E-state index in [0.717, 1.165) is 40.1 Å². The Morgan fingerprint density at radius 2 is 1.87 bits per heavy atom. The van der Waals surface area contributed by atoms with Crippen LogP contribution >= 0.6 is 11.6 Å². The lowest BCUT2D eigenvalue weighted by Crippen LogP contribution is -2.15. The molecular formula is C24H24ClNO5. The lowest BCUT2D eigenvalue weighted by molar-refractivity contribution is 0.0528. The first kappa shape index (κ1) is 21.1. The maximum Gasteiger partial charge on any atom is 0.340 e. The number of hydrogen-bond donors (Lipinski definition) is 1. The van der Waals surface area contributed by atoms with Gasteiger partial charge < -0.3 is 23.9 Å². The van der Waals surface area contributed by atoms with Gasteiger partial charge in [0.1, 0.15) is 5.75 Å². The first-order valence-corrected chi connectivity index (χ1v) is 10.4. The average Bonchev–Trinajstić information content (AvgIpc) is 3.07. The number of halogens is 1. The maximum absolute atomic E-state index is 13.2. The van der Waals surface area contributed by atoms with Crippen LogP contribution in [0.1, 0.15) is 28.5 Å². The Hall–Kier alpha value is -3.12. The van der Waals surface area contributed by atoms with Crippen molar-refractivity contribution in [2.24, 2.45) is 0 Å². The number of esters is 1.